The molecule has 4 heteroatoms. The van der Waals surface area contributed by atoms with Crippen LogP contribution in [0.5, 0.6) is 0 Å². The summed E-state index contributed by atoms with van der Waals surface area (Å²) < 4.78 is 2.98. The largest absolute Gasteiger partial charge is 1.00 e. The third kappa shape index (κ3) is 2.30. The Labute approximate surface area is 62.5 Å². The second-order valence-electron chi connectivity index (χ2n) is 0.665. The highest BCUT2D eigenvalue weighted by atomic mass is 127. The number of nitrogens with one attached hydrogen (secondary N) is 1. The molecule has 0 aromatic heterocycles. The summed E-state index contributed by atoms with van der Waals surface area (Å²) in [5, 5.41) is 1.17. The Morgan fingerprint density at radius 3 is 2.67 bits per heavy atom. The summed E-state index contributed by atoms with van der Waals surface area (Å²) in [5.74, 6) is 0. The molecule has 0 saturated heterocycles. The van der Waals surface area contributed by atoms with Crippen molar-refractivity contribution in [1.82, 2.24) is 0 Å². The van der Waals surface area contributed by atoms with Gasteiger partial charge >= 0.3 is 0 Å². The zero-order valence-electron chi connectivity index (χ0n) is 2.98. The molecule has 1 nitrogen and oxygen atoms in total. The molecule has 0 amide bonds. The predicted molar refractivity (Wildman–Crippen MR) is 27.1 cm³/mol. The van der Waals surface area contributed by atoms with E-state index in [1.807, 2.05) is 5.55 Å². The summed E-state index contributed by atoms with van der Waals surface area (Å²) in [5.41, 5.74) is 1.99. The monoisotopic (exact) mass is 233 g/mol. The lowest BCUT2D eigenvalue weighted by atomic mass is 11.7. The molecule has 1 heterocycles. The third-order valence-electron chi connectivity index (χ3n) is 0.342. The molecule has 0 aromatic carbocycles. The molecule has 0 aliphatic carbocycles. The fourth-order valence-corrected chi connectivity index (χ4v) is 1.53. The third-order valence-corrected chi connectivity index (χ3v) is 2.08. The highest BCUT2D eigenvalue weighted by Gasteiger charge is 1.96. The van der Waals surface area contributed by atoms with E-state index in [-0.39, 0.29) is 24.0 Å². The average Bonchev–Trinajstić information content (AvgIpc) is 1.76. The Kier molecular flexibility index (Phi) is 5.05. The lowest BCUT2D eigenvalue weighted by Gasteiger charge is -1.57. The summed E-state index contributed by atoms with van der Waals surface area (Å²) in [4.78, 5) is 0. The van der Waals surface area contributed by atoms with Gasteiger partial charge in [-0.05, 0) is 11.8 Å². The van der Waals surface area contributed by atoms with Gasteiger partial charge in [-0.1, -0.05) is 0 Å². The maximum Gasteiger partial charge on any atom is 0.210 e. The lowest BCUT2D eigenvalue weighted by Crippen LogP contribution is -3.00. The number of rotatable bonds is 0. The normalized spacial score (nSPS) is 17.3. The second kappa shape index (κ2) is 4.26. The molecule has 0 saturated carbocycles. The standard InChI is InChI=1S/C2H3NS2.HI/c1-3-5-2-4-1;/h1H,2H2;1H. The van der Waals surface area contributed by atoms with Gasteiger partial charge in [0.05, 0.1) is 0 Å². The summed E-state index contributed by atoms with van der Waals surface area (Å²) in [6.45, 7) is 0. The van der Waals surface area contributed by atoms with Crippen LogP contribution in [0.1, 0.15) is 0 Å². The molecule has 0 aromatic rings. The van der Waals surface area contributed by atoms with E-state index in [0.717, 1.165) is 0 Å². The maximum atomic E-state index is 2.98. The van der Waals surface area contributed by atoms with E-state index in [1.165, 1.54) is 5.08 Å². The van der Waals surface area contributed by atoms with Crippen LogP contribution in [0.3, 0.4) is 0 Å². The molecular weight excluding hydrogens is 229 g/mol. The first-order valence-corrected chi connectivity index (χ1v) is 3.34. The molecule has 36 valence electrons. The molecule has 0 fully saturated rings. The Morgan fingerprint density at radius 2 is 2.50 bits per heavy atom. The van der Waals surface area contributed by atoms with Crippen LogP contribution in [0.2, 0.25) is 0 Å². The number of hydrogen-bond acceptors (Lipinski definition) is 2. The molecule has 1 rings (SSSR count). The second-order valence-corrected chi connectivity index (χ2v) is 2.70. The van der Waals surface area contributed by atoms with Crippen LogP contribution in [0.25, 0.3) is 0 Å². The first kappa shape index (κ1) is 7.10. The molecule has 0 spiro atoms. The Balaban J connectivity index is 0.000000250. The first-order chi connectivity index (χ1) is 2.50. The van der Waals surface area contributed by atoms with Gasteiger partial charge in [0.15, 0.2) is 11.9 Å². The maximum absolute atomic E-state index is 2.98. The molecular formula is C2H4INS2. The van der Waals surface area contributed by atoms with Gasteiger partial charge in [0.2, 0.25) is 5.55 Å². The van der Waals surface area contributed by atoms with E-state index in [2.05, 4.69) is 4.40 Å². The van der Waals surface area contributed by atoms with Crippen molar-refractivity contribution in [3.63, 3.8) is 0 Å². The van der Waals surface area contributed by atoms with Crippen LogP contribution < -0.4 is 28.4 Å². The van der Waals surface area contributed by atoms with Gasteiger partial charge < -0.3 is 24.0 Å². The predicted octanol–water partition coefficient (Wildman–Crippen LogP) is -3.55. The van der Waals surface area contributed by atoms with E-state index >= 15 is 0 Å². The van der Waals surface area contributed by atoms with Crippen LogP contribution >= 0.6 is 23.7 Å². The lowest BCUT2D eigenvalue weighted by molar-refractivity contribution is -0.230. The summed E-state index contributed by atoms with van der Waals surface area (Å²) in [6, 6.07) is 0. The van der Waals surface area contributed by atoms with Gasteiger partial charge in [0.1, 0.15) is 5.08 Å². The van der Waals surface area contributed by atoms with Gasteiger partial charge in [-0.15, -0.1) is 0 Å². The molecule has 1 N–H and O–H groups in total. The van der Waals surface area contributed by atoms with Crippen LogP contribution in [0, 0.1) is 0 Å². The highest BCUT2D eigenvalue weighted by molar-refractivity contribution is 8.23. The van der Waals surface area contributed by atoms with E-state index < -0.39 is 0 Å². The van der Waals surface area contributed by atoms with E-state index in [1.54, 1.807) is 23.7 Å². The Bertz CT molecular complexity index is 49.5. The fourth-order valence-electron chi connectivity index (χ4n) is 0.170. The molecule has 1 aliphatic rings. The van der Waals surface area contributed by atoms with Gasteiger partial charge in [-0.3, -0.25) is 0 Å². The number of halogens is 1. The van der Waals surface area contributed by atoms with E-state index in [9.17, 15) is 0 Å². The van der Waals surface area contributed by atoms with Crippen LogP contribution in [-0.4, -0.2) is 10.6 Å². The fraction of sp³-hybridized carbons (Fsp3) is 0.500. The molecule has 0 atom stereocenters. The van der Waals surface area contributed by atoms with Gasteiger partial charge in [0, 0.05) is 0 Å². The van der Waals surface area contributed by atoms with Gasteiger partial charge in [-0.2, -0.15) is 4.40 Å². The Hall–Kier alpha value is 1.10. The van der Waals surface area contributed by atoms with Crippen LogP contribution in [0.4, 0.5) is 0 Å². The van der Waals surface area contributed by atoms with E-state index in [4.69, 9.17) is 0 Å². The quantitative estimate of drug-likeness (QED) is 0.344. The van der Waals surface area contributed by atoms with Crippen molar-refractivity contribution < 1.29 is 28.4 Å². The number of hydrogen-bond donors (Lipinski definition) is 1. The van der Waals surface area contributed by atoms with Crippen molar-refractivity contribution in [2.75, 3.05) is 5.08 Å². The van der Waals surface area contributed by atoms with Crippen molar-refractivity contribution in [3.8, 4) is 0 Å². The minimum Gasteiger partial charge on any atom is -1.00 e. The van der Waals surface area contributed by atoms with Crippen LogP contribution in [-0.2, 0) is 0 Å². The molecule has 0 radical (unpaired) electrons. The molecule has 0 unspecified atom stereocenters. The average molecular weight is 233 g/mol. The van der Waals surface area contributed by atoms with Gasteiger partial charge in [0.25, 0.3) is 0 Å². The van der Waals surface area contributed by atoms with Crippen molar-refractivity contribution in [2.24, 2.45) is 0 Å². The number of thioether (sulfide) groups is 1. The van der Waals surface area contributed by atoms with Crippen molar-refractivity contribution in [1.29, 1.82) is 0 Å². The van der Waals surface area contributed by atoms with E-state index in [0.29, 0.717) is 0 Å². The molecule has 6 heavy (non-hydrogen) atoms. The van der Waals surface area contributed by atoms with Crippen molar-refractivity contribution >= 4 is 29.3 Å². The van der Waals surface area contributed by atoms with Crippen molar-refractivity contribution in [3.05, 3.63) is 0 Å². The minimum absolute atomic E-state index is 0. The zero-order chi connectivity index (χ0) is 3.54. The van der Waals surface area contributed by atoms with Gasteiger partial charge in [-0.25, -0.2) is 0 Å². The van der Waals surface area contributed by atoms with Crippen molar-refractivity contribution in [2.45, 2.75) is 0 Å². The topological polar surface area (TPSA) is 14.0 Å². The summed E-state index contributed by atoms with van der Waals surface area (Å²) in [6.07, 6.45) is 0. The Morgan fingerprint density at radius 1 is 1.67 bits per heavy atom. The minimum atomic E-state index is 0. The SMILES string of the molecule is C1=[NH+]SCS1.[I-]. The smallest absolute Gasteiger partial charge is 0.210 e. The summed E-state index contributed by atoms with van der Waals surface area (Å²) >= 11 is 3.53. The van der Waals surface area contributed by atoms with Crippen LogP contribution in [0.15, 0.2) is 0 Å². The summed E-state index contributed by atoms with van der Waals surface area (Å²) in [7, 11) is 0. The molecule has 0 bridgehead atoms. The highest BCUT2D eigenvalue weighted by Crippen LogP contribution is 2.01. The molecule has 1 aliphatic heterocycles. The zero-order valence-corrected chi connectivity index (χ0v) is 6.77. The first-order valence-electron chi connectivity index (χ1n) is 1.31.